The van der Waals surface area contributed by atoms with Gasteiger partial charge in [0, 0.05) is 50.1 Å². The number of para-hydroxylation sites is 3. The SMILES string of the molecule is c1ccc(-c2cc(-c3ccccc3)nc(-n3c4cc5ccn(-c6ccccc6)c5cc4c4ccc5c(c6ccccc6n5-c5ccccc5)c43)c2)cc1. The second-order valence-electron chi connectivity index (χ2n) is 13.7. The van der Waals surface area contributed by atoms with Crippen LogP contribution in [-0.4, -0.2) is 18.7 Å². The highest BCUT2D eigenvalue weighted by molar-refractivity contribution is 6.27. The average Bonchev–Trinajstić information content (AvgIpc) is 3.91. The molecular formula is C49H32N4. The predicted octanol–water partition coefficient (Wildman–Crippen LogP) is 12.6. The summed E-state index contributed by atoms with van der Waals surface area (Å²) < 4.78 is 7.11. The summed E-state index contributed by atoms with van der Waals surface area (Å²) in [6.45, 7) is 0. The first-order valence-electron chi connectivity index (χ1n) is 18.1. The largest absolute Gasteiger partial charge is 0.317 e. The van der Waals surface area contributed by atoms with Crippen molar-refractivity contribution in [2.45, 2.75) is 0 Å². The van der Waals surface area contributed by atoms with E-state index in [1.54, 1.807) is 0 Å². The van der Waals surface area contributed by atoms with Crippen molar-refractivity contribution in [3.8, 4) is 39.6 Å². The van der Waals surface area contributed by atoms with Crippen molar-refractivity contribution in [3.05, 3.63) is 194 Å². The van der Waals surface area contributed by atoms with Crippen LogP contribution in [0.1, 0.15) is 0 Å². The first kappa shape index (κ1) is 29.5. The predicted molar refractivity (Wildman–Crippen MR) is 221 cm³/mol. The highest BCUT2D eigenvalue weighted by Crippen LogP contribution is 2.43. The van der Waals surface area contributed by atoms with Crippen molar-refractivity contribution in [1.82, 2.24) is 18.7 Å². The molecule has 0 aliphatic rings. The Hall–Kier alpha value is -7.17. The molecule has 4 heterocycles. The maximum Gasteiger partial charge on any atom is 0.138 e. The third-order valence-corrected chi connectivity index (χ3v) is 10.6. The zero-order valence-electron chi connectivity index (χ0n) is 28.8. The van der Waals surface area contributed by atoms with Crippen LogP contribution in [0.3, 0.4) is 0 Å². The van der Waals surface area contributed by atoms with E-state index in [0.717, 1.165) is 56.1 Å². The molecule has 0 aliphatic carbocycles. The van der Waals surface area contributed by atoms with Gasteiger partial charge in [0.1, 0.15) is 5.82 Å². The third-order valence-electron chi connectivity index (χ3n) is 10.6. The molecule has 0 unspecified atom stereocenters. The van der Waals surface area contributed by atoms with E-state index in [0.29, 0.717) is 0 Å². The Kier molecular flexibility index (Phi) is 6.52. The van der Waals surface area contributed by atoms with Crippen molar-refractivity contribution in [2.75, 3.05) is 0 Å². The topological polar surface area (TPSA) is 27.7 Å². The van der Waals surface area contributed by atoms with Gasteiger partial charge in [-0.05, 0) is 77.9 Å². The molecule has 0 amide bonds. The summed E-state index contributed by atoms with van der Waals surface area (Å²) in [5.41, 5.74) is 12.4. The molecule has 0 fully saturated rings. The molecule has 7 aromatic carbocycles. The van der Waals surface area contributed by atoms with Crippen molar-refractivity contribution < 1.29 is 0 Å². The standard InChI is InChI=1S/C49H32N4/c1-5-15-33(16-6-1)36-29-42(34-17-7-2-8-18-34)50-47(31-36)53-46-30-35-27-28-51(37-19-9-3-10-20-37)45(35)32-41(46)39-25-26-44-48(49(39)53)40-23-13-14-24-43(40)52(44)38-21-11-4-12-22-38/h1-32H. The summed E-state index contributed by atoms with van der Waals surface area (Å²) in [6.07, 6.45) is 2.18. The quantitative estimate of drug-likeness (QED) is 0.178. The Morgan fingerprint density at radius 2 is 1.04 bits per heavy atom. The van der Waals surface area contributed by atoms with Gasteiger partial charge in [-0.1, -0.05) is 121 Å². The van der Waals surface area contributed by atoms with Crippen LogP contribution in [0.25, 0.3) is 94.1 Å². The van der Waals surface area contributed by atoms with E-state index in [1.807, 2.05) is 0 Å². The zero-order chi connectivity index (χ0) is 34.9. The number of hydrogen-bond donors (Lipinski definition) is 0. The monoisotopic (exact) mass is 676 g/mol. The number of nitrogens with zero attached hydrogens (tertiary/aromatic N) is 4. The van der Waals surface area contributed by atoms with Crippen LogP contribution in [0.4, 0.5) is 0 Å². The Bertz CT molecular complexity index is 3080. The number of hydrogen-bond acceptors (Lipinski definition) is 1. The molecule has 248 valence electrons. The van der Waals surface area contributed by atoms with Crippen molar-refractivity contribution in [2.24, 2.45) is 0 Å². The van der Waals surface area contributed by atoms with Crippen molar-refractivity contribution in [3.63, 3.8) is 0 Å². The van der Waals surface area contributed by atoms with Crippen LogP contribution in [0.2, 0.25) is 0 Å². The van der Waals surface area contributed by atoms with Crippen molar-refractivity contribution in [1.29, 1.82) is 0 Å². The second-order valence-corrected chi connectivity index (χ2v) is 13.7. The Labute approximate surface area is 306 Å². The van der Waals surface area contributed by atoms with E-state index >= 15 is 0 Å². The fourth-order valence-electron chi connectivity index (χ4n) is 8.27. The van der Waals surface area contributed by atoms with Crippen LogP contribution in [-0.2, 0) is 0 Å². The zero-order valence-corrected chi connectivity index (χ0v) is 28.8. The van der Waals surface area contributed by atoms with Gasteiger partial charge in [0.15, 0.2) is 0 Å². The molecular weight excluding hydrogens is 645 g/mol. The van der Waals surface area contributed by atoms with Gasteiger partial charge in [-0.2, -0.15) is 0 Å². The molecule has 4 nitrogen and oxygen atoms in total. The fraction of sp³-hybridized carbons (Fsp3) is 0. The second kappa shape index (κ2) is 11.7. The van der Waals surface area contributed by atoms with Gasteiger partial charge >= 0.3 is 0 Å². The molecule has 0 N–H and O–H groups in total. The highest BCUT2D eigenvalue weighted by atomic mass is 15.1. The molecule has 0 radical (unpaired) electrons. The fourth-order valence-corrected chi connectivity index (χ4v) is 8.27. The molecule has 53 heavy (non-hydrogen) atoms. The molecule has 0 saturated heterocycles. The summed E-state index contributed by atoms with van der Waals surface area (Å²) in [5, 5.41) is 5.98. The lowest BCUT2D eigenvalue weighted by Gasteiger charge is -2.14. The summed E-state index contributed by atoms with van der Waals surface area (Å²) in [4.78, 5) is 5.51. The van der Waals surface area contributed by atoms with Gasteiger partial charge in [-0.3, -0.25) is 4.57 Å². The highest BCUT2D eigenvalue weighted by Gasteiger charge is 2.23. The summed E-state index contributed by atoms with van der Waals surface area (Å²) >= 11 is 0. The maximum atomic E-state index is 5.51. The van der Waals surface area contributed by atoms with Crippen molar-refractivity contribution >= 4 is 54.5 Å². The van der Waals surface area contributed by atoms with Crippen LogP contribution >= 0.6 is 0 Å². The van der Waals surface area contributed by atoms with E-state index in [1.165, 1.54) is 38.0 Å². The molecule has 4 heteroatoms. The lowest BCUT2D eigenvalue weighted by atomic mass is 10.0. The molecule has 0 atom stereocenters. The van der Waals surface area contributed by atoms with Crippen LogP contribution in [0.15, 0.2) is 194 Å². The van der Waals surface area contributed by atoms with E-state index in [4.69, 9.17) is 4.98 Å². The minimum absolute atomic E-state index is 0.885. The average molecular weight is 677 g/mol. The molecule has 11 aromatic rings. The van der Waals surface area contributed by atoms with E-state index in [2.05, 4.69) is 208 Å². The van der Waals surface area contributed by atoms with Gasteiger partial charge in [-0.15, -0.1) is 0 Å². The van der Waals surface area contributed by atoms with Crippen LogP contribution in [0, 0.1) is 0 Å². The normalized spacial score (nSPS) is 11.8. The van der Waals surface area contributed by atoms with Crippen LogP contribution in [0.5, 0.6) is 0 Å². The Balaban J connectivity index is 1.32. The van der Waals surface area contributed by atoms with E-state index < -0.39 is 0 Å². The molecule has 0 saturated carbocycles. The Morgan fingerprint density at radius 3 is 1.79 bits per heavy atom. The summed E-state index contributed by atoms with van der Waals surface area (Å²) in [5.74, 6) is 0.885. The molecule has 0 aliphatic heterocycles. The van der Waals surface area contributed by atoms with Gasteiger partial charge in [0.2, 0.25) is 0 Å². The number of aromatic nitrogens is 4. The Morgan fingerprint density at radius 1 is 0.377 bits per heavy atom. The summed E-state index contributed by atoms with van der Waals surface area (Å²) in [7, 11) is 0. The molecule has 0 bridgehead atoms. The van der Waals surface area contributed by atoms with Crippen LogP contribution < -0.4 is 0 Å². The van der Waals surface area contributed by atoms with Gasteiger partial charge < -0.3 is 9.13 Å². The minimum Gasteiger partial charge on any atom is -0.317 e. The van der Waals surface area contributed by atoms with E-state index in [9.17, 15) is 0 Å². The first-order valence-corrected chi connectivity index (χ1v) is 18.1. The number of fused-ring (bicyclic) bond motifs is 8. The molecule has 11 rings (SSSR count). The maximum absolute atomic E-state index is 5.51. The first-order chi connectivity index (χ1) is 26.3. The molecule has 4 aromatic heterocycles. The number of pyridine rings is 1. The van der Waals surface area contributed by atoms with Gasteiger partial charge in [-0.25, -0.2) is 4.98 Å². The number of rotatable bonds is 5. The molecule has 0 spiro atoms. The van der Waals surface area contributed by atoms with E-state index in [-0.39, 0.29) is 0 Å². The van der Waals surface area contributed by atoms with Gasteiger partial charge in [0.05, 0.1) is 33.3 Å². The third kappa shape index (κ3) is 4.59. The number of benzene rings is 7. The smallest absolute Gasteiger partial charge is 0.138 e. The lowest BCUT2D eigenvalue weighted by molar-refractivity contribution is 1.09. The minimum atomic E-state index is 0.885. The summed E-state index contributed by atoms with van der Waals surface area (Å²) in [6, 6.07) is 67.3. The van der Waals surface area contributed by atoms with Gasteiger partial charge in [0.25, 0.3) is 0 Å². The lowest BCUT2D eigenvalue weighted by Crippen LogP contribution is -2.00.